The minimum atomic E-state index is 0.870. The molecule has 0 aliphatic heterocycles. The lowest BCUT2D eigenvalue weighted by atomic mass is 9.97. The molecule has 0 N–H and O–H groups in total. The number of rotatable bonds is 11. The molecule has 1 atom stereocenters. The van der Waals surface area contributed by atoms with Gasteiger partial charge in [0.2, 0.25) is 0 Å². The summed E-state index contributed by atoms with van der Waals surface area (Å²) in [5.74, 6) is 0.870. The minimum absolute atomic E-state index is 0.870. The van der Waals surface area contributed by atoms with Crippen molar-refractivity contribution in [1.82, 2.24) is 0 Å². The maximum Gasteiger partial charge on any atom is -0.00941 e. The fraction of sp³-hybridized carbons (Fsp3) is 0.407. The third-order valence-corrected chi connectivity index (χ3v) is 5.15. The van der Waals surface area contributed by atoms with E-state index in [1.165, 1.54) is 54.4 Å². The molecule has 0 saturated carbocycles. The molecular formula is C27H36. The Kier molecular flexibility index (Phi) is 9.69. The van der Waals surface area contributed by atoms with Gasteiger partial charge in [0.05, 0.1) is 0 Å². The molecule has 0 amide bonds. The molecule has 0 spiro atoms. The summed E-state index contributed by atoms with van der Waals surface area (Å²) in [6.45, 7) is 6.86. The molecule has 0 aliphatic rings. The Bertz CT molecular complexity index is 689. The number of allylic oxidation sites excluding steroid dienone is 4. The lowest BCUT2D eigenvalue weighted by Gasteiger charge is -2.09. The molecule has 0 bridgehead atoms. The maximum absolute atomic E-state index is 2.38. The first-order valence-electron chi connectivity index (χ1n) is 10.7. The van der Waals surface area contributed by atoms with Crippen molar-refractivity contribution >= 4 is 5.57 Å². The van der Waals surface area contributed by atoms with Crippen LogP contribution in [-0.2, 0) is 12.8 Å². The zero-order chi connectivity index (χ0) is 19.3. The lowest BCUT2D eigenvalue weighted by Crippen LogP contribution is -1.95. The summed E-state index contributed by atoms with van der Waals surface area (Å²) in [6.07, 6.45) is 15.4. The Morgan fingerprint density at radius 3 is 2.26 bits per heavy atom. The van der Waals surface area contributed by atoms with Crippen LogP contribution in [0, 0.1) is 5.92 Å². The van der Waals surface area contributed by atoms with E-state index in [0.29, 0.717) is 0 Å². The highest BCUT2D eigenvalue weighted by Crippen LogP contribution is 2.18. The van der Waals surface area contributed by atoms with Crippen LogP contribution in [0.5, 0.6) is 0 Å². The van der Waals surface area contributed by atoms with Crippen LogP contribution in [0.2, 0.25) is 0 Å². The molecule has 0 heteroatoms. The number of aryl methyl sites for hydroxylation is 1. The van der Waals surface area contributed by atoms with E-state index < -0.39 is 0 Å². The SMILES string of the molecule is CC/C=C(\C=C/Cc1ccc(CCCC(C)CCC)cc1)c1ccccc1. The molecule has 0 fully saturated rings. The summed E-state index contributed by atoms with van der Waals surface area (Å²) in [4.78, 5) is 0. The molecule has 0 aromatic heterocycles. The van der Waals surface area contributed by atoms with Crippen LogP contribution < -0.4 is 0 Å². The van der Waals surface area contributed by atoms with Gasteiger partial charge in [-0.05, 0) is 53.9 Å². The van der Waals surface area contributed by atoms with Crippen LogP contribution >= 0.6 is 0 Å². The van der Waals surface area contributed by atoms with Crippen LogP contribution in [0.4, 0.5) is 0 Å². The Morgan fingerprint density at radius 1 is 0.889 bits per heavy atom. The van der Waals surface area contributed by atoms with Gasteiger partial charge in [0, 0.05) is 0 Å². The van der Waals surface area contributed by atoms with Gasteiger partial charge in [-0.1, -0.05) is 113 Å². The Balaban J connectivity index is 1.85. The third-order valence-electron chi connectivity index (χ3n) is 5.15. The fourth-order valence-corrected chi connectivity index (χ4v) is 3.59. The van der Waals surface area contributed by atoms with Crippen molar-refractivity contribution in [2.75, 3.05) is 0 Å². The van der Waals surface area contributed by atoms with E-state index in [4.69, 9.17) is 0 Å². The zero-order valence-electron chi connectivity index (χ0n) is 17.5. The molecule has 0 heterocycles. The lowest BCUT2D eigenvalue weighted by molar-refractivity contribution is 0.469. The summed E-state index contributed by atoms with van der Waals surface area (Å²) in [5.41, 5.74) is 5.47. The van der Waals surface area contributed by atoms with Gasteiger partial charge in [-0.15, -0.1) is 0 Å². The molecule has 27 heavy (non-hydrogen) atoms. The quantitative estimate of drug-likeness (QED) is 0.356. The third kappa shape index (κ3) is 7.99. The smallest absolute Gasteiger partial charge is 0.00941 e. The van der Waals surface area contributed by atoms with Gasteiger partial charge in [0.15, 0.2) is 0 Å². The normalized spacial score (nSPS) is 13.2. The molecule has 0 radical (unpaired) electrons. The van der Waals surface area contributed by atoms with E-state index in [-0.39, 0.29) is 0 Å². The molecule has 2 aromatic rings. The summed E-state index contributed by atoms with van der Waals surface area (Å²) >= 11 is 0. The number of benzene rings is 2. The topological polar surface area (TPSA) is 0 Å². The van der Waals surface area contributed by atoms with E-state index >= 15 is 0 Å². The average Bonchev–Trinajstić information content (AvgIpc) is 2.69. The Hall–Kier alpha value is -2.08. The standard InChI is InChI=1S/C27H36/c1-4-11-23(3)13-9-14-24-19-21-25(22-20-24)15-10-18-26(12-5-2)27-16-7-6-8-17-27/h6-8,10,12,16-23H,4-5,9,11,13-15H2,1-3H3/b18-10-,26-12+. The van der Waals surface area contributed by atoms with Gasteiger partial charge in [0.25, 0.3) is 0 Å². The maximum atomic E-state index is 2.38. The molecule has 2 aromatic carbocycles. The van der Waals surface area contributed by atoms with Crippen molar-refractivity contribution in [3.05, 3.63) is 89.5 Å². The van der Waals surface area contributed by atoms with Gasteiger partial charge < -0.3 is 0 Å². The molecule has 0 saturated heterocycles. The Labute approximate surface area is 167 Å². The first-order valence-corrected chi connectivity index (χ1v) is 10.7. The average molecular weight is 361 g/mol. The van der Waals surface area contributed by atoms with Gasteiger partial charge in [-0.2, -0.15) is 0 Å². The van der Waals surface area contributed by atoms with Crippen molar-refractivity contribution in [1.29, 1.82) is 0 Å². The molecule has 144 valence electrons. The predicted octanol–water partition coefficient (Wildman–Crippen LogP) is 8.04. The molecular weight excluding hydrogens is 324 g/mol. The van der Waals surface area contributed by atoms with Crippen LogP contribution in [0.1, 0.15) is 69.6 Å². The van der Waals surface area contributed by atoms with E-state index in [9.17, 15) is 0 Å². The van der Waals surface area contributed by atoms with Crippen molar-refractivity contribution in [2.24, 2.45) is 5.92 Å². The number of hydrogen-bond acceptors (Lipinski definition) is 0. The van der Waals surface area contributed by atoms with Crippen molar-refractivity contribution in [3.63, 3.8) is 0 Å². The second-order valence-corrected chi connectivity index (χ2v) is 7.64. The second-order valence-electron chi connectivity index (χ2n) is 7.64. The predicted molar refractivity (Wildman–Crippen MR) is 121 cm³/mol. The van der Waals surface area contributed by atoms with Gasteiger partial charge in [-0.3, -0.25) is 0 Å². The van der Waals surface area contributed by atoms with E-state index in [0.717, 1.165) is 18.8 Å². The monoisotopic (exact) mass is 360 g/mol. The van der Waals surface area contributed by atoms with E-state index in [2.05, 4.69) is 93.6 Å². The van der Waals surface area contributed by atoms with Crippen molar-refractivity contribution in [3.8, 4) is 0 Å². The van der Waals surface area contributed by atoms with Gasteiger partial charge in [0.1, 0.15) is 0 Å². The highest BCUT2D eigenvalue weighted by atomic mass is 14.1. The van der Waals surface area contributed by atoms with Crippen molar-refractivity contribution in [2.45, 2.75) is 65.7 Å². The summed E-state index contributed by atoms with van der Waals surface area (Å²) < 4.78 is 0. The fourth-order valence-electron chi connectivity index (χ4n) is 3.59. The van der Waals surface area contributed by atoms with Gasteiger partial charge in [-0.25, -0.2) is 0 Å². The summed E-state index contributed by atoms with van der Waals surface area (Å²) in [5, 5.41) is 0. The highest BCUT2D eigenvalue weighted by Gasteiger charge is 2.01. The first kappa shape index (κ1) is 21.2. The molecule has 2 rings (SSSR count). The van der Waals surface area contributed by atoms with Gasteiger partial charge >= 0.3 is 0 Å². The van der Waals surface area contributed by atoms with Crippen LogP contribution in [0.25, 0.3) is 5.57 Å². The highest BCUT2D eigenvalue weighted by molar-refractivity contribution is 5.73. The first-order chi connectivity index (χ1) is 13.2. The van der Waals surface area contributed by atoms with E-state index in [1.807, 2.05) is 0 Å². The largest absolute Gasteiger partial charge is 0.0795 e. The van der Waals surface area contributed by atoms with Crippen LogP contribution in [-0.4, -0.2) is 0 Å². The van der Waals surface area contributed by atoms with Crippen LogP contribution in [0.3, 0.4) is 0 Å². The molecule has 0 aliphatic carbocycles. The summed E-state index contributed by atoms with van der Waals surface area (Å²) in [6, 6.07) is 19.9. The van der Waals surface area contributed by atoms with E-state index in [1.54, 1.807) is 0 Å². The zero-order valence-corrected chi connectivity index (χ0v) is 17.5. The molecule has 1 unspecified atom stereocenters. The minimum Gasteiger partial charge on any atom is -0.0795 e. The number of hydrogen-bond donors (Lipinski definition) is 0. The molecule has 0 nitrogen and oxygen atoms in total. The second kappa shape index (κ2) is 12.3. The summed E-state index contributed by atoms with van der Waals surface area (Å²) in [7, 11) is 0. The van der Waals surface area contributed by atoms with Crippen LogP contribution in [0.15, 0.2) is 72.8 Å². The van der Waals surface area contributed by atoms with Crippen molar-refractivity contribution < 1.29 is 0 Å². The Morgan fingerprint density at radius 2 is 1.59 bits per heavy atom.